The topological polar surface area (TPSA) is 102 Å². The summed E-state index contributed by atoms with van der Waals surface area (Å²) in [5.41, 5.74) is 0.543. The predicted octanol–water partition coefficient (Wildman–Crippen LogP) is 4.75. The third kappa shape index (κ3) is 8.02. The first-order chi connectivity index (χ1) is 19.0. The molecule has 0 aromatic heterocycles. The van der Waals surface area contributed by atoms with Crippen molar-refractivity contribution in [3.63, 3.8) is 0 Å². The van der Waals surface area contributed by atoms with E-state index in [1.165, 1.54) is 12.8 Å². The van der Waals surface area contributed by atoms with Crippen molar-refractivity contribution in [3.8, 4) is 5.75 Å². The van der Waals surface area contributed by atoms with Gasteiger partial charge >= 0.3 is 0 Å². The Kier molecular flexibility index (Phi) is 10.2. The van der Waals surface area contributed by atoms with E-state index in [9.17, 15) is 19.8 Å². The van der Waals surface area contributed by atoms with Crippen molar-refractivity contribution in [2.24, 2.45) is 11.8 Å². The van der Waals surface area contributed by atoms with Crippen molar-refractivity contribution in [1.82, 2.24) is 15.5 Å². The van der Waals surface area contributed by atoms with Gasteiger partial charge in [-0.3, -0.25) is 14.5 Å². The smallest absolute Gasteiger partial charge is 0.252 e. The maximum Gasteiger partial charge on any atom is 0.252 e. The lowest BCUT2D eigenvalue weighted by molar-refractivity contribution is -0.132. The fourth-order valence-corrected chi connectivity index (χ4v) is 7.09. The fourth-order valence-electron chi connectivity index (χ4n) is 6.06. The number of hydrogen-bond acceptors (Lipinski definition) is 6. The van der Waals surface area contributed by atoms with Gasteiger partial charge in [-0.05, 0) is 76.6 Å². The molecule has 5 atom stereocenters. The Labute approximate surface area is 243 Å². The van der Waals surface area contributed by atoms with E-state index in [4.69, 9.17) is 0 Å². The number of fused-ring (bicyclic) bond motifs is 1. The molecule has 8 heteroatoms. The number of benzene rings is 2. The third-order valence-electron chi connectivity index (χ3n) is 8.23. The second-order valence-electron chi connectivity index (χ2n) is 12.5. The predicted molar refractivity (Wildman–Crippen MR) is 161 cm³/mol. The Morgan fingerprint density at radius 2 is 1.75 bits per heavy atom. The van der Waals surface area contributed by atoms with Gasteiger partial charge in [0.1, 0.15) is 5.75 Å². The van der Waals surface area contributed by atoms with Crippen LogP contribution in [-0.4, -0.2) is 69.5 Å². The molecule has 7 nitrogen and oxygen atoms in total. The molecule has 2 aromatic carbocycles. The molecule has 1 aliphatic heterocycles. The highest BCUT2D eigenvalue weighted by Gasteiger charge is 2.41. The summed E-state index contributed by atoms with van der Waals surface area (Å²) >= 11 is 1.57. The van der Waals surface area contributed by atoms with Crippen LogP contribution in [0.5, 0.6) is 5.75 Å². The highest BCUT2D eigenvalue weighted by Crippen LogP contribution is 2.39. The van der Waals surface area contributed by atoms with Gasteiger partial charge < -0.3 is 20.8 Å². The summed E-state index contributed by atoms with van der Waals surface area (Å²) in [6.07, 6.45) is 4.67. The summed E-state index contributed by atoms with van der Waals surface area (Å²) in [4.78, 5) is 30.0. The lowest BCUT2D eigenvalue weighted by atomic mass is 9.72. The first-order valence-electron chi connectivity index (χ1n) is 14.5. The lowest BCUT2D eigenvalue weighted by Gasteiger charge is -2.47. The molecule has 0 spiro atoms. The number of aromatic hydroxyl groups is 1. The van der Waals surface area contributed by atoms with Gasteiger partial charge in [0.05, 0.1) is 18.2 Å². The third-order valence-corrected chi connectivity index (χ3v) is 9.36. The van der Waals surface area contributed by atoms with E-state index in [0.29, 0.717) is 35.3 Å². The summed E-state index contributed by atoms with van der Waals surface area (Å²) in [7, 11) is 0. The van der Waals surface area contributed by atoms with E-state index < -0.39 is 12.1 Å². The largest absolute Gasteiger partial charge is 0.508 e. The maximum absolute atomic E-state index is 13.5. The first-order valence-corrected chi connectivity index (χ1v) is 15.5. The molecule has 2 aromatic rings. The molecule has 2 fully saturated rings. The minimum atomic E-state index is -0.886. The number of aliphatic hydroxyl groups is 1. The number of rotatable bonds is 9. The quantitative estimate of drug-likeness (QED) is 0.327. The van der Waals surface area contributed by atoms with E-state index in [2.05, 4.69) is 15.5 Å². The van der Waals surface area contributed by atoms with Crippen LogP contribution in [0.4, 0.5) is 0 Å². The van der Waals surface area contributed by atoms with Gasteiger partial charge in [0, 0.05) is 40.4 Å². The standard InChI is InChI=1S/C32H45N3O4S/c1-21-25(15-10-16-28(21)36)30(38)33-26(20-40-24-13-6-5-7-14-24)29(37)19-35-18-23-12-9-8-11-22(23)17-27(35)31(39)34-32(2,3)4/h5-7,10,13-16,22-23,26-27,29,36-37H,8-9,11-12,17-20H2,1-4H3,(H,33,38)(H,34,39)/t22-,23+,26+,27-,29+/m1/s1. The van der Waals surface area contributed by atoms with Crippen LogP contribution in [0.15, 0.2) is 53.4 Å². The molecular weight excluding hydrogens is 522 g/mol. The number of aliphatic hydroxyl groups excluding tert-OH is 1. The van der Waals surface area contributed by atoms with Crippen molar-refractivity contribution in [2.75, 3.05) is 18.8 Å². The summed E-state index contributed by atoms with van der Waals surface area (Å²) in [6.45, 7) is 8.76. The Balaban J connectivity index is 1.54. The number of carbonyl (C=O) groups excluding carboxylic acids is 2. The zero-order valence-electron chi connectivity index (χ0n) is 24.2. The van der Waals surface area contributed by atoms with Crippen molar-refractivity contribution in [3.05, 3.63) is 59.7 Å². The number of piperidine rings is 1. The summed E-state index contributed by atoms with van der Waals surface area (Å²) in [5.74, 6) is 1.27. The minimum absolute atomic E-state index is 0.0124. The average molecular weight is 568 g/mol. The molecule has 1 aliphatic carbocycles. The number of likely N-dealkylation sites (tertiary alicyclic amines) is 1. The summed E-state index contributed by atoms with van der Waals surface area (Å²) in [6, 6.07) is 13.9. The Morgan fingerprint density at radius 3 is 2.45 bits per heavy atom. The van der Waals surface area contributed by atoms with Crippen LogP contribution in [0.1, 0.15) is 68.8 Å². The van der Waals surface area contributed by atoms with Crippen LogP contribution >= 0.6 is 11.8 Å². The molecular formula is C32H45N3O4S. The molecule has 4 N–H and O–H groups in total. The summed E-state index contributed by atoms with van der Waals surface area (Å²) < 4.78 is 0. The van der Waals surface area contributed by atoms with E-state index in [0.717, 1.165) is 30.7 Å². The van der Waals surface area contributed by atoms with Gasteiger partial charge in [-0.1, -0.05) is 43.5 Å². The molecule has 2 amide bonds. The number of phenols is 1. The molecule has 2 aliphatic rings. The Morgan fingerprint density at radius 1 is 1.05 bits per heavy atom. The van der Waals surface area contributed by atoms with Gasteiger partial charge in [-0.2, -0.15) is 0 Å². The van der Waals surface area contributed by atoms with Gasteiger partial charge in [0.15, 0.2) is 0 Å². The van der Waals surface area contributed by atoms with Crippen molar-refractivity contribution in [1.29, 1.82) is 0 Å². The van der Waals surface area contributed by atoms with E-state index in [-0.39, 0.29) is 29.1 Å². The van der Waals surface area contributed by atoms with Crippen LogP contribution in [0.2, 0.25) is 0 Å². The molecule has 0 unspecified atom stereocenters. The maximum atomic E-state index is 13.5. The van der Waals surface area contributed by atoms with E-state index in [1.807, 2.05) is 51.1 Å². The highest BCUT2D eigenvalue weighted by molar-refractivity contribution is 7.99. The van der Waals surface area contributed by atoms with E-state index >= 15 is 0 Å². The number of β-amino-alcohol motifs (C(OH)–C–C–N with tert-alkyl or cyclic N) is 1. The Hall–Kier alpha value is -2.55. The fraction of sp³-hybridized carbons (Fsp3) is 0.562. The number of thioether (sulfide) groups is 1. The van der Waals surface area contributed by atoms with Gasteiger partial charge in [0.2, 0.25) is 5.91 Å². The number of nitrogens with zero attached hydrogens (tertiary/aromatic N) is 1. The second kappa shape index (κ2) is 13.4. The lowest BCUT2D eigenvalue weighted by Crippen LogP contribution is -2.60. The van der Waals surface area contributed by atoms with Crippen molar-refractivity contribution < 1.29 is 19.8 Å². The molecule has 40 heavy (non-hydrogen) atoms. The molecule has 0 bridgehead atoms. The molecule has 4 rings (SSSR count). The monoisotopic (exact) mass is 567 g/mol. The number of nitrogens with one attached hydrogen (secondary N) is 2. The van der Waals surface area contributed by atoms with Crippen LogP contribution in [0.25, 0.3) is 0 Å². The van der Waals surface area contributed by atoms with Crippen LogP contribution < -0.4 is 10.6 Å². The van der Waals surface area contributed by atoms with Crippen LogP contribution in [0, 0.1) is 18.8 Å². The minimum Gasteiger partial charge on any atom is -0.508 e. The first kappa shape index (κ1) is 30.4. The van der Waals surface area contributed by atoms with Crippen molar-refractivity contribution >= 4 is 23.6 Å². The molecule has 1 heterocycles. The normalized spacial score (nSPS) is 23.1. The van der Waals surface area contributed by atoms with Crippen LogP contribution in [0.3, 0.4) is 0 Å². The zero-order chi connectivity index (χ0) is 28.9. The summed E-state index contributed by atoms with van der Waals surface area (Å²) in [5, 5.41) is 28.0. The van der Waals surface area contributed by atoms with Gasteiger partial charge in [-0.15, -0.1) is 11.8 Å². The second-order valence-corrected chi connectivity index (χ2v) is 13.6. The molecule has 0 radical (unpaired) electrons. The van der Waals surface area contributed by atoms with Gasteiger partial charge in [0.25, 0.3) is 5.91 Å². The highest BCUT2D eigenvalue weighted by atomic mass is 32.2. The van der Waals surface area contributed by atoms with E-state index in [1.54, 1.807) is 36.9 Å². The van der Waals surface area contributed by atoms with Gasteiger partial charge in [-0.25, -0.2) is 0 Å². The van der Waals surface area contributed by atoms with Crippen molar-refractivity contribution in [2.45, 2.75) is 88.4 Å². The number of carbonyl (C=O) groups is 2. The number of amides is 2. The molecule has 218 valence electrons. The molecule has 1 saturated heterocycles. The number of hydrogen-bond donors (Lipinski definition) is 4. The number of phenolic OH excluding ortho intramolecular Hbond substituents is 1. The van der Waals surface area contributed by atoms with Crippen LogP contribution in [-0.2, 0) is 4.79 Å². The Bertz CT molecular complexity index is 1150. The SMILES string of the molecule is Cc1c(O)cccc1C(=O)N[C@@H](CSc1ccccc1)[C@@H](O)CN1C[C@@H]2CCCC[C@@H]2C[C@@H]1C(=O)NC(C)(C)C. The average Bonchev–Trinajstić information content (AvgIpc) is 2.91. The zero-order valence-corrected chi connectivity index (χ0v) is 25.0. The molecule has 1 saturated carbocycles.